The van der Waals surface area contributed by atoms with Crippen LogP contribution < -0.4 is 5.32 Å². The second-order valence-corrected chi connectivity index (χ2v) is 8.14. The van der Waals surface area contributed by atoms with E-state index in [-0.39, 0.29) is 11.9 Å². The number of nitrogens with one attached hydrogen (secondary N) is 1. The van der Waals surface area contributed by atoms with Crippen molar-refractivity contribution in [2.45, 2.75) is 6.54 Å². The van der Waals surface area contributed by atoms with Gasteiger partial charge in [-0.2, -0.15) is 0 Å². The van der Waals surface area contributed by atoms with E-state index in [2.05, 4.69) is 15.0 Å². The molecule has 0 saturated heterocycles. The first-order valence-electron chi connectivity index (χ1n) is 8.55. The summed E-state index contributed by atoms with van der Waals surface area (Å²) in [5.74, 6) is -0.508. The van der Waals surface area contributed by atoms with Crippen LogP contribution in [0.2, 0.25) is 0 Å². The average molecular weight is 409 g/mol. The van der Waals surface area contributed by atoms with Crippen molar-refractivity contribution in [1.82, 2.24) is 10.3 Å². The van der Waals surface area contributed by atoms with Gasteiger partial charge in [-0.05, 0) is 42.0 Å². The molecule has 4 rings (SSSR count). The molecule has 28 heavy (non-hydrogen) atoms. The summed E-state index contributed by atoms with van der Waals surface area (Å²) in [6.07, 6.45) is 0. The van der Waals surface area contributed by atoms with Crippen LogP contribution in [0.15, 0.2) is 60.7 Å². The number of hydrogen-bond acceptors (Lipinski definition) is 6. The van der Waals surface area contributed by atoms with Crippen molar-refractivity contribution in [2.75, 3.05) is 7.11 Å². The second-order valence-electron chi connectivity index (χ2n) is 6.02. The minimum atomic E-state index is -0.378. The van der Waals surface area contributed by atoms with Gasteiger partial charge in [0.2, 0.25) is 0 Å². The molecular weight excluding hydrogens is 392 g/mol. The summed E-state index contributed by atoms with van der Waals surface area (Å²) in [7, 11) is 1.35. The molecule has 0 aliphatic rings. The van der Waals surface area contributed by atoms with Crippen molar-refractivity contribution in [3.05, 3.63) is 76.7 Å². The summed E-state index contributed by atoms with van der Waals surface area (Å²) in [6, 6.07) is 18.7. The maximum Gasteiger partial charge on any atom is 0.337 e. The van der Waals surface area contributed by atoms with Crippen LogP contribution in [0.25, 0.3) is 20.1 Å². The number of thiophene rings is 1. The number of aromatic nitrogens is 1. The van der Waals surface area contributed by atoms with Crippen LogP contribution in [0.5, 0.6) is 0 Å². The predicted molar refractivity (Wildman–Crippen MR) is 112 cm³/mol. The van der Waals surface area contributed by atoms with E-state index in [4.69, 9.17) is 0 Å². The first kappa shape index (κ1) is 18.3. The number of ether oxygens (including phenoxy) is 1. The molecule has 0 unspecified atom stereocenters. The van der Waals surface area contributed by atoms with E-state index < -0.39 is 0 Å². The van der Waals surface area contributed by atoms with Gasteiger partial charge in [0.25, 0.3) is 5.91 Å². The van der Waals surface area contributed by atoms with Crippen molar-refractivity contribution < 1.29 is 14.3 Å². The Kier molecular flexibility index (Phi) is 5.18. The smallest absolute Gasteiger partial charge is 0.337 e. The fourth-order valence-corrected chi connectivity index (χ4v) is 4.64. The molecule has 0 bridgehead atoms. The molecule has 0 radical (unpaired) electrons. The van der Waals surface area contributed by atoms with Gasteiger partial charge in [-0.3, -0.25) is 4.79 Å². The molecule has 7 heteroatoms. The zero-order valence-corrected chi connectivity index (χ0v) is 16.6. The Balaban J connectivity index is 1.42. The van der Waals surface area contributed by atoms with Crippen molar-refractivity contribution in [1.29, 1.82) is 0 Å². The molecule has 0 atom stereocenters. The first-order chi connectivity index (χ1) is 13.6. The Morgan fingerprint density at radius 2 is 1.79 bits per heavy atom. The Morgan fingerprint density at radius 3 is 2.54 bits per heavy atom. The number of carbonyl (C=O) groups excluding carboxylic acids is 2. The molecule has 0 fully saturated rings. The summed E-state index contributed by atoms with van der Waals surface area (Å²) in [4.78, 5) is 30.2. The molecule has 0 saturated carbocycles. The second kappa shape index (κ2) is 7.92. The summed E-state index contributed by atoms with van der Waals surface area (Å²) in [5.41, 5.74) is 2.36. The van der Waals surface area contributed by atoms with Crippen LogP contribution in [0.1, 0.15) is 25.6 Å². The molecule has 1 N–H and O–H groups in total. The molecule has 5 nitrogen and oxygen atoms in total. The third-order valence-electron chi connectivity index (χ3n) is 4.16. The molecule has 2 aromatic heterocycles. The van der Waals surface area contributed by atoms with Crippen molar-refractivity contribution in [3.8, 4) is 9.88 Å². The maximum absolute atomic E-state index is 12.5. The highest BCUT2D eigenvalue weighted by Gasteiger charge is 2.13. The Hall–Kier alpha value is -3.03. The molecule has 0 spiro atoms. The lowest BCUT2D eigenvalue weighted by Gasteiger charge is -2.05. The van der Waals surface area contributed by atoms with Gasteiger partial charge in [0.15, 0.2) is 0 Å². The molecule has 0 aliphatic heterocycles. The summed E-state index contributed by atoms with van der Waals surface area (Å²) >= 11 is 3.05. The molecule has 1 amide bonds. The third kappa shape index (κ3) is 3.81. The molecular formula is C21H16N2O3S2. The standard InChI is InChI=1S/C21H16N2O3S2/c1-26-21(25)14-8-6-13(7-9-14)12-22-19(24)17-10-11-18(27-17)20-23-15-4-2-3-5-16(15)28-20/h2-11H,12H2,1H3,(H,22,24). The van der Waals surface area contributed by atoms with E-state index in [1.807, 2.05) is 36.4 Å². The maximum atomic E-state index is 12.5. The number of esters is 1. The number of benzene rings is 2. The van der Waals surface area contributed by atoms with Crippen LogP contribution >= 0.6 is 22.7 Å². The highest BCUT2D eigenvalue weighted by molar-refractivity contribution is 7.26. The largest absolute Gasteiger partial charge is 0.465 e. The summed E-state index contributed by atoms with van der Waals surface area (Å²) < 4.78 is 5.81. The van der Waals surface area contributed by atoms with Crippen LogP contribution in [0.3, 0.4) is 0 Å². The predicted octanol–water partition coefficient (Wildman–Crippen LogP) is 4.74. The minimum absolute atomic E-state index is 0.130. The Labute approximate surface area is 169 Å². The summed E-state index contributed by atoms with van der Waals surface area (Å²) in [6.45, 7) is 0.384. The lowest BCUT2D eigenvalue weighted by molar-refractivity contribution is 0.0600. The highest BCUT2D eigenvalue weighted by Crippen LogP contribution is 2.34. The van der Waals surface area contributed by atoms with E-state index in [0.29, 0.717) is 17.0 Å². The first-order valence-corrected chi connectivity index (χ1v) is 10.2. The third-order valence-corrected chi connectivity index (χ3v) is 6.45. The van der Waals surface area contributed by atoms with Crippen LogP contribution in [0.4, 0.5) is 0 Å². The van der Waals surface area contributed by atoms with E-state index in [1.54, 1.807) is 35.6 Å². The molecule has 2 aromatic carbocycles. The number of thiazole rings is 1. The Morgan fingerprint density at radius 1 is 1.00 bits per heavy atom. The minimum Gasteiger partial charge on any atom is -0.465 e. The van der Waals surface area contributed by atoms with Gasteiger partial charge in [0.1, 0.15) is 5.01 Å². The molecule has 0 aliphatic carbocycles. The number of amides is 1. The van der Waals surface area contributed by atoms with E-state index >= 15 is 0 Å². The molecule has 140 valence electrons. The quantitative estimate of drug-likeness (QED) is 0.484. The molecule has 2 heterocycles. The number of hydrogen-bond donors (Lipinski definition) is 1. The fraction of sp³-hybridized carbons (Fsp3) is 0.0952. The topological polar surface area (TPSA) is 68.3 Å². The van der Waals surface area contributed by atoms with Gasteiger partial charge in [0, 0.05) is 6.54 Å². The van der Waals surface area contributed by atoms with Gasteiger partial charge in [0.05, 0.1) is 32.6 Å². The van der Waals surface area contributed by atoms with Crippen molar-refractivity contribution >= 4 is 44.8 Å². The highest BCUT2D eigenvalue weighted by atomic mass is 32.1. The van der Waals surface area contributed by atoms with Gasteiger partial charge in [-0.15, -0.1) is 22.7 Å². The molecule has 4 aromatic rings. The zero-order chi connectivity index (χ0) is 19.5. The number of methoxy groups -OCH3 is 1. The van der Waals surface area contributed by atoms with E-state index in [1.165, 1.54) is 18.4 Å². The number of para-hydroxylation sites is 1. The van der Waals surface area contributed by atoms with Crippen molar-refractivity contribution in [3.63, 3.8) is 0 Å². The lowest BCUT2D eigenvalue weighted by Crippen LogP contribution is -2.21. The van der Waals surface area contributed by atoms with Crippen LogP contribution in [-0.4, -0.2) is 24.0 Å². The number of rotatable bonds is 5. The average Bonchev–Trinajstić information content (AvgIpc) is 3.38. The van der Waals surface area contributed by atoms with Gasteiger partial charge in [-0.1, -0.05) is 24.3 Å². The van der Waals surface area contributed by atoms with E-state index in [9.17, 15) is 9.59 Å². The number of carbonyl (C=O) groups is 2. The number of fused-ring (bicyclic) bond motifs is 1. The zero-order valence-electron chi connectivity index (χ0n) is 15.0. The van der Waals surface area contributed by atoms with Crippen LogP contribution in [0, 0.1) is 0 Å². The summed E-state index contributed by atoms with van der Waals surface area (Å²) in [5, 5.41) is 3.83. The normalized spacial score (nSPS) is 10.8. The Bertz CT molecular complexity index is 1110. The lowest BCUT2D eigenvalue weighted by atomic mass is 10.1. The fourth-order valence-electron chi connectivity index (χ4n) is 2.70. The SMILES string of the molecule is COC(=O)c1ccc(CNC(=O)c2ccc(-c3nc4ccccc4s3)s2)cc1. The van der Waals surface area contributed by atoms with Crippen LogP contribution in [-0.2, 0) is 11.3 Å². The van der Waals surface area contributed by atoms with E-state index in [0.717, 1.165) is 25.7 Å². The monoisotopic (exact) mass is 408 g/mol. The van der Waals surface area contributed by atoms with Crippen molar-refractivity contribution in [2.24, 2.45) is 0 Å². The van der Waals surface area contributed by atoms with Gasteiger partial charge in [-0.25, -0.2) is 9.78 Å². The number of nitrogens with zero attached hydrogens (tertiary/aromatic N) is 1. The van der Waals surface area contributed by atoms with Gasteiger partial charge >= 0.3 is 5.97 Å². The van der Waals surface area contributed by atoms with Gasteiger partial charge < -0.3 is 10.1 Å².